The van der Waals surface area contributed by atoms with E-state index in [1.54, 1.807) is 0 Å². The summed E-state index contributed by atoms with van der Waals surface area (Å²) in [6.07, 6.45) is 73.3. The Morgan fingerprint density at radius 1 is 0.309 bits per heavy atom. The first kappa shape index (κ1) is 64.6. The van der Waals surface area contributed by atoms with Gasteiger partial charge < -0.3 is 14.2 Å². The van der Waals surface area contributed by atoms with Gasteiger partial charge in [-0.2, -0.15) is 0 Å². The second-order valence-corrected chi connectivity index (χ2v) is 18.8. The summed E-state index contributed by atoms with van der Waals surface area (Å²) in [7, 11) is 0. The molecule has 0 rings (SSSR count). The fourth-order valence-corrected chi connectivity index (χ4v) is 7.86. The molecule has 1 unspecified atom stereocenters. The maximum Gasteiger partial charge on any atom is 0.306 e. The molecule has 0 aromatic rings. The van der Waals surface area contributed by atoms with Crippen molar-refractivity contribution in [3.8, 4) is 0 Å². The van der Waals surface area contributed by atoms with Crippen LogP contribution in [0.4, 0.5) is 0 Å². The van der Waals surface area contributed by atoms with Crippen LogP contribution in [0.25, 0.3) is 0 Å². The minimum absolute atomic E-state index is 0.0801. The van der Waals surface area contributed by atoms with Crippen molar-refractivity contribution >= 4 is 17.9 Å². The van der Waals surface area contributed by atoms with Gasteiger partial charge in [-0.05, 0) is 89.9 Å². The minimum Gasteiger partial charge on any atom is -0.462 e. The van der Waals surface area contributed by atoms with Gasteiger partial charge in [0.1, 0.15) is 13.2 Å². The zero-order valence-electron chi connectivity index (χ0n) is 44.6. The Morgan fingerprint density at radius 3 is 0.956 bits per heavy atom. The van der Waals surface area contributed by atoms with Crippen LogP contribution >= 0.6 is 0 Å². The summed E-state index contributed by atoms with van der Waals surface area (Å²) < 4.78 is 16.7. The van der Waals surface area contributed by atoms with Gasteiger partial charge in [-0.3, -0.25) is 14.4 Å². The average Bonchev–Trinajstić information content (AvgIpc) is 3.34. The van der Waals surface area contributed by atoms with Crippen molar-refractivity contribution in [3.63, 3.8) is 0 Å². The highest BCUT2D eigenvalue weighted by Gasteiger charge is 2.19. The highest BCUT2D eigenvalue weighted by atomic mass is 16.6. The Balaban J connectivity index is 4.01. The van der Waals surface area contributed by atoms with Crippen LogP contribution in [0, 0.1) is 0 Å². The van der Waals surface area contributed by atoms with Crippen molar-refractivity contribution in [1.29, 1.82) is 0 Å². The van der Waals surface area contributed by atoms with Gasteiger partial charge >= 0.3 is 17.9 Å². The van der Waals surface area contributed by atoms with Gasteiger partial charge in [0.15, 0.2) is 6.10 Å². The first-order chi connectivity index (χ1) is 33.5. The summed E-state index contributed by atoms with van der Waals surface area (Å²) in [4.78, 5) is 37.8. The van der Waals surface area contributed by atoms with Crippen LogP contribution in [-0.4, -0.2) is 37.2 Å². The molecule has 0 fully saturated rings. The molecule has 0 spiro atoms. The first-order valence-electron chi connectivity index (χ1n) is 28.6. The van der Waals surface area contributed by atoms with Gasteiger partial charge in [0.2, 0.25) is 0 Å². The van der Waals surface area contributed by atoms with Gasteiger partial charge in [0, 0.05) is 19.3 Å². The molecule has 68 heavy (non-hydrogen) atoms. The number of rotatable bonds is 51. The summed E-state index contributed by atoms with van der Waals surface area (Å²) >= 11 is 0. The molecular weight excluding hydrogens is 841 g/mol. The van der Waals surface area contributed by atoms with E-state index in [1.165, 1.54) is 109 Å². The number of hydrogen-bond acceptors (Lipinski definition) is 6. The second kappa shape index (κ2) is 56.2. The zero-order chi connectivity index (χ0) is 49.3. The molecule has 0 aliphatic rings. The third-order valence-electron chi connectivity index (χ3n) is 12.1. The van der Waals surface area contributed by atoms with Crippen LogP contribution in [0.5, 0.6) is 0 Å². The van der Waals surface area contributed by atoms with E-state index >= 15 is 0 Å². The number of carbonyl (C=O) groups excluding carboxylic acids is 3. The van der Waals surface area contributed by atoms with E-state index in [1.807, 2.05) is 0 Å². The molecule has 6 heteroatoms. The van der Waals surface area contributed by atoms with Gasteiger partial charge in [-0.15, -0.1) is 0 Å². The maximum atomic E-state index is 12.7. The van der Waals surface area contributed by atoms with Crippen molar-refractivity contribution < 1.29 is 28.6 Å². The standard InChI is InChI=1S/C62H106O6/c1-4-7-10-13-16-18-20-22-23-24-25-26-27-28-29-30-31-32-33-34-35-36-37-38-39-41-42-44-46-49-52-55-61(64)67-58-59(57-66-60(63)54-51-48-15-12-9-6-3)68-62(65)56-53-50-47-45-43-40-21-19-17-14-11-8-5-2/h7,10-11,14,16,18-19,21-23,25-26,28-29,59H,4-6,8-9,12-13,15,17,20,24,27,30-58H2,1-3H3/b10-7-,14-11-,18-16-,21-19-,23-22-,26-25-,29-28-. The van der Waals surface area contributed by atoms with E-state index in [0.717, 1.165) is 122 Å². The van der Waals surface area contributed by atoms with Crippen LogP contribution < -0.4 is 0 Å². The van der Waals surface area contributed by atoms with Crippen LogP contribution in [-0.2, 0) is 28.6 Å². The first-order valence-corrected chi connectivity index (χ1v) is 28.6. The lowest BCUT2D eigenvalue weighted by atomic mass is 10.0. The molecule has 0 saturated heterocycles. The third kappa shape index (κ3) is 53.5. The summed E-state index contributed by atoms with van der Waals surface area (Å²) in [5.74, 6) is -0.901. The molecule has 0 aliphatic carbocycles. The zero-order valence-corrected chi connectivity index (χ0v) is 44.6. The number of ether oxygens (including phenoxy) is 3. The molecule has 0 saturated carbocycles. The van der Waals surface area contributed by atoms with Crippen LogP contribution in [0.15, 0.2) is 85.1 Å². The SMILES string of the molecule is CC/C=C\C/C=C\C/C=C\C/C=C\C/C=C\CCCCCCCCCCCCCCCCCC(=O)OCC(COC(=O)CCCCCCCC)OC(=O)CCCCCCC/C=C\C/C=C\CCC. The Labute approximate surface area is 420 Å². The largest absolute Gasteiger partial charge is 0.462 e. The molecule has 6 nitrogen and oxygen atoms in total. The molecule has 0 radical (unpaired) electrons. The van der Waals surface area contributed by atoms with E-state index in [0.29, 0.717) is 19.3 Å². The molecule has 0 aromatic heterocycles. The number of carbonyl (C=O) groups is 3. The molecule has 0 heterocycles. The molecule has 0 amide bonds. The summed E-state index contributed by atoms with van der Waals surface area (Å²) in [6.45, 7) is 6.39. The molecular formula is C62H106O6. The lowest BCUT2D eigenvalue weighted by molar-refractivity contribution is -0.167. The molecule has 1 atom stereocenters. The normalized spacial score (nSPS) is 12.7. The van der Waals surface area contributed by atoms with E-state index in [2.05, 4.69) is 106 Å². The number of hydrogen-bond donors (Lipinski definition) is 0. The lowest BCUT2D eigenvalue weighted by Crippen LogP contribution is -2.30. The Morgan fingerprint density at radius 2 is 0.603 bits per heavy atom. The maximum absolute atomic E-state index is 12.7. The highest BCUT2D eigenvalue weighted by molar-refractivity contribution is 5.71. The predicted molar refractivity (Wildman–Crippen MR) is 293 cm³/mol. The Kier molecular flexibility index (Phi) is 53.4. The number of unbranched alkanes of at least 4 members (excludes halogenated alkanes) is 26. The summed E-state index contributed by atoms with van der Waals surface area (Å²) in [6, 6.07) is 0. The quantitative estimate of drug-likeness (QED) is 0.0262. The molecule has 390 valence electrons. The predicted octanol–water partition coefficient (Wildman–Crippen LogP) is 19.2. The van der Waals surface area contributed by atoms with Crippen molar-refractivity contribution in [1.82, 2.24) is 0 Å². The van der Waals surface area contributed by atoms with Gasteiger partial charge in [-0.25, -0.2) is 0 Å². The highest BCUT2D eigenvalue weighted by Crippen LogP contribution is 2.16. The Bertz CT molecular complexity index is 1320. The van der Waals surface area contributed by atoms with Crippen LogP contribution in [0.1, 0.15) is 271 Å². The fourth-order valence-electron chi connectivity index (χ4n) is 7.86. The number of allylic oxidation sites excluding steroid dienone is 14. The van der Waals surface area contributed by atoms with Gasteiger partial charge in [0.05, 0.1) is 0 Å². The molecule has 0 N–H and O–H groups in total. The molecule has 0 bridgehead atoms. The third-order valence-corrected chi connectivity index (χ3v) is 12.1. The number of esters is 3. The van der Waals surface area contributed by atoms with Crippen molar-refractivity contribution in [2.45, 2.75) is 277 Å². The van der Waals surface area contributed by atoms with Crippen LogP contribution in [0.3, 0.4) is 0 Å². The van der Waals surface area contributed by atoms with Gasteiger partial charge in [-0.1, -0.05) is 247 Å². The van der Waals surface area contributed by atoms with E-state index < -0.39 is 6.10 Å². The fraction of sp³-hybridized carbons (Fsp3) is 0.726. The van der Waals surface area contributed by atoms with E-state index in [-0.39, 0.29) is 31.1 Å². The van der Waals surface area contributed by atoms with E-state index in [4.69, 9.17) is 14.2 Å². The minimum atomic E-state index is -0.778. The topological polar surface area (TPSA) is 78.9 Å². The molecule has 0 aromatic carbocycles. The molecule has 0 aliphatic heterocycles. The van der Waals surface area contributed by atoms with Crippen molar-refractivity contribution in [2.24, 2.45) is 0 Å². The lowest BCUT2D eigenvalue weighted by Gasteiger charge is -2.18. The Hall–Kier alpha value is -3.41. The van der Waals surface area contributed by atoms with E-state index in [9.17, 15) is 14.4 Å². The smallest absolute Gasteiger partial charge is 0.306 e. The summed E-state index contributed by atoms with van der Waals surface area (Å²) in [5, 5.41) is 0. The van der Waals surface area contributed by atoms with Crippen LogP contribution in [0.2, 0.25) is 0 Å². The second-order valence-electron chi connectivity index (χ2n) is 18.8. The summed E-state index contributed by atoms with van der Waals surface area (Å²) in [5.41, 5.74) is 0. The van der Waals surface area contributed by atoms with Crippen molar-refractivity contribution in [2.75, 3.05) is 13.2 Å². The monoisotopic (exact) mass is 947 g/mol. The average molecular weight is 948 g/mol. The van der Waals surface area contributed by atoms with Crippen molar-refractivity contribution in [3.05, 3.63) is 85.1 Å². The van der Waals surface area contributed by atoms with Gasteiger partial charge in [0.25, 0.3) is 0 Å².